The number of carbonyl (C=O) groups is 1. The maximum atomic E-state index is 12.6. The first-order valence-corrected chi connectivity index (χ1v) is 11.3. The van der Waals surface area contributed by atoms with Crippen LogP contribution in [0.4, 0.5) is 0 Å². The predicted molar refractivity (Wildman–Crippen MR) is 111 cm³/mol. The summed E-state index contributed by atoms with van der Waals surface area (Å²) in [4.78, 5) is 20.7. The number of nitrogens with two attached hydrogens (primary N) is 1. The van der Waals surface area contributed by atoms with E-state index in [1.54, 1.807) is 47.3 Å². The van der Waals surface area contributed by atoms with Crippen molar-refractivity contribution in [2.45, 2.75) is 49.2 Å². The van der Waals surface area contributed by atoms with Gasteiger partial charge in [0, 0.05) is 43.4 Å². The Labute approximate surface area is 174 Å². The zero-order valence-electron chi connectivity index (χ0n) is 16.4. The average molecular weight is 429 g/mol. The van der Waals surface area contributed by atoms with E-state index in [1.807, 2.05) is 0 Å². The van der Waals surface area contributed by atoms with E-state index in [0.717, 1.165) is 31.2 Å². The Morgan fingerprint density at radius 3 is 2.60 bits per heavy atom. The number of hydrogen-bond acceptors (Lipinski definition) is 6. The number of nitrogens with zero attached hydrogens (tertiary/aromatic N) is 3. The molecule has 1 aliphatic carbocycles. The normalized spacial score (nSPS) is 19.6. The molecule has 158 valence electrons. The van der Waals surface area contributed by atoms with Crippen LogP contribution in [0.1, 0.15) is 41.6 Å². The van der Waals surface area contributed by atoms with Gasteiger partial charge in [-0.2, -0.15) is 0 Å². The number of imidazole rings is 1. The summed E-state index contributed by atoms with van der Waals surface area (Å²) in [6, 6.07) is 6.59. The molecule has 0 saturated heterocycles. The summed E-state index contributed by atoms with van der Waals surface area (Å²) >= 11 is 0. The van der Waals surface area contributed by atoms with Crippen LogP contribution in [0.15, 0.2) is 53.9 Å². The van der Waals surface area contributed by atoms with Gasteiger partial charge in [0.2, 0.25) is 15.8 Å². The molecule has 0 atom stereocenters. The quantitative estimate of drug-likeness (QED) is 0.541. The maximum absolute atomic E-state index is 12.6. The summed E-state index contributed by atoms with van der Waals surface area (Å²) < 4.78 is 29.6. The van der Waals surface area contributed by atoms with Crippen molar-refractivity contribution in [1.82, 2.24) is 24.4 Å². The standard InChI is InChI=1S/C20H24N6O3S/c21-16-3-5-17(6-4-16)25-30(28,29)18-7-1-14(2-8-18)11-23-19(27)15-12-24-20-22-9-10-26(20)13-15/h1-2,7-10,12-13,16-17,25H,3-6,11,21H2,(H,23,27)/t16-,17-. The molecular formula is C20H24N6O3S. The molecule has 10 heteroatoms. The van der Waals surface area contributed by atoms with Gasteiger partial charge in [-0.05, 0) is 43.4 Å². The Bertz CT molecular complexity index is 1130. The zero-order chi connectivity index (χ0) is 21.1. The summed E-state index contributed by atoms with van der Waals surface area (Å²) in [6.45, 7) is 0.273. The van der Waals surface area contributed by atoms with Gasteiger partial charge in [-0.25, -0.2) is 23.1 Å². The van der Waals surface area contributed by atoms with Gasteiger partial charge in [0.05, 0.1) is 10.5 Å². The third-order valence-electron chi connectivity index (χ3n) is 5.29. The molecule has 2 aromatic heterocycles. The van der Waals surface area contributed by atoms with Gasteiger partial charge >= 0.3 is 0 Å². The van der Waals surface area contributed by atoms with Crippen LogP contribution in [0.5, 0.6) is 0 Å². The first kappa shape index (κ1) is 20.5. The number of fused-ring (bicyclic) bond motifs is 1. The predicted octanol–water partition coefficient (Wildman–Crippen LogP) is 1.21. The van der Waals surface area contributed by atoms with Crippen LogP contribution in [0.25, 0.3) is 5.78 Å². The molecule has 1 fully saturated rings. The highest BCUT2D eigenvalue weighted by molar-refractivity contribution is 7.89. The lowest BCUT2D eigenvalue weighted by Gasteiger charge is -2.26. The van der Waals surface area contributed by atoms with Crippen molar-refractivity contribution in [3.05, 3.63) is 60.2 Å². The lowest BCUT2D eigenvalue weighted by Crippen LogP contribution is -2.40. The first-order chi connectivity index (χ1) is 14.4. The SMILES string of the molecule is N[C@H]1CC[C@H](NS(=O)(=O)c2ccc(CNC(=O)c3cnc4nccn4c3)cc2)CC1. The highest BCUT2D eigenvalue weighted by Gasteiger charge is 2.24. The molecule has 4 N–H and O–H groups in total. The molecular weight excluding hydrogens is 404 g/mol. The van der Waals surface area contributed by atoms with E-state index in [2.05, 4.69) is 20.0 Å². The molecule has 1 aromatic carbocycles. The Kier molecular flexibility index (Phi) is 5.80. The number of amides is 1. The summed E-state index contributed by atoms with van der Waals surface area (Å²) in [5.74, 6) is 0.250. The summed E-state index contributed by atoms with van der Waals surface area (Å²) in [6.07, 6.45) is 9.62. The van der Waals surface area contributed by atoms with Crippen LogP contribution in [-0.2, 0) is 16.6 Å². The molecule has 3 aromatic rings. The van der Waals surface area contributed by atoms with E-state index in [0.29, 0.717) is 11.3 Å². The zero-order valence-corrected chi connectivity index (χ0v) is 17.2. The molecule has 0 aliphatic heterocycles. The largest absolute Gasteiger partial charge is 0.348 e. The van der Waals surface area contributed by atoms with Gasteiger partial charge in [-0.3, -0.25) is 9.20 Å². The van der Waals surface area contributed by atoms with Crippen LogP contribution in [0.3, 0.4) is 0 Å². The van der Waals surface area contributed by atoms with E-state index in [9.17, 15) is 13.2 Å². The van der Waals surface area contributed by atoms with Crippen molar-refractivity contribution in [2.75, 3.05) is 0 Å². The van der Waals surface area contributed by atoms with Crippen molar-refractivity contribution >= 4 is 21.7 Å². The molecule has 0 spiro atoms. The number of rotatable bonds is 6. The second kappa shape index (κ2) is 8.50. The Hall–Kier alpha value is -2.82. The molecule has 0 radical (unpaired) electrons. The molecule has 9 nitrogen and oxygen atoms in total. The van der Waals surface area contributed by atoms with Gasteiger partial charge in [0.15, 0.2) is 0 Å². The molecule has 1 amide bonds. The minimum absolute atomic E-state index is 0.0739. The molecule has 1 saturated carbocycles. The monoisotopic (exact) mass is 428 g/mol. The summed E-state index contributed by atoms with van der Waals surface area (Å²) in [5.41, 5.74) is 7.09. The van der Waals surface area contributed by atoms with Crippen molar-refractivity contribution < 1.29 is 13.2 Å². The molecule has 0 unspecified atom stereocenters. The van der Waals surface area contributed by atoms with E-state index < -0.39 is 10.0 Å². The van der Waals surface area contributed by atoms with E-state index in [4.69, 9.17) is 5.73 Å². The smallest absolute Gasteiger partial charge is 0.254 e. The third kappa shape index (κ3) is 4.66. The third-order valence-corrected chi connectivity index (χ3v) is 6.82. The number of aromatic nitrogens is 3. The van der Waals surface area contributed by atoms with Gasteiger partial charge < -0.3 is 11.1 Å². The lowest BCUT2D eigenvalue weighted by molar-refractivity contribution is 0.0950. The molecule has 0 bridgehead atoms. The van der Waals surface area contributed by atoms with E-state index in [1.165, 1.54) is 6.20 Å². The molecule has 4 rings (SSSR count). The topological polar surface area (TPSA) is 131 Å². The van der Waals surface area contributed by atoms with Gasteiger partial charge in [0.1, 0.15) is 0 Å². The van der Waals surface area contributed by atoms with Crippen molar-refractivity contribution in [3.63, 3.8) is 0 Å². The van der Waals surface area contributed by atoms with Crippen LogP contribution < -0.4 is 15.8 Å². The van der Waals surface area contributed by atoms with Crippen molar-refractivity contribution in [2.24, 2.45) is 5.73 Å². The van der Waals surface area contributed by atoms with Crippen LogP contribution in [0.2, 0.25) is 0 Å². The van der Waals surface area contributed by atoms with Gasteiger partial charge in [-0.1, -0.05) is 12.1 Å². The van der Waals surface area contributed by atoms with Crippen molar-refractivity contribution in [3.8, 4) is 0 Å². The maximum Gasteiger partial charge on any atom is 0.254 e. The van der Waals surface area contributed by atoms with Gasteiger partial charge in [-0.15, -0.1) is 0 Å². The van der Waals surface area contributed by atoms with Gasteiger partial charge in [0.25, 0.3) is 5.91 Å². The fraction of sp³-hybridized carbons (Fsp3) is 0.350. The minimum Gasteiger partial charge on any atom is -0.348 e. The highest BCUT2D eigenvalue weighted by atomic mass is 32.2. The number of hydrogen-bond donors (Lipinski definition) is 3. The lowest BCUT2D eigenvalue weighted by atomic mass is 9.93. The first-order valence-electron chi connectivity index (χ1n) is 9.84. The molecule has 2 heterocycles. The number of benzene rings is 1. The van der Waals surface area contributed by atoms with Crippen molar-refractivity contribution in [1.29, 1.82) is 0 Å². The highest BCUT2D eigenvalue weighted by Crippen LogP contribution is 2.20. The number of nitrogens with one attached hydrogen (secondary N) is 2. The number of carbonyl (C=O) groups excluding carboxylic acids is 1. The number of sulfonamides is 1. The van der Waals surface area contributed by atoms with E-state index >= 15 is 0 Å². The fourth-order valence-corrected chi connectivity index (χ4v) is 4.83. The Morgan fingerprint density at radius 2 is 1.87 bits per heavy atom. The second-order valence-electron chi connectivity index (χ2n) is 7.54. The Balaban J connectivity index is 1.35. The molecule has 1 aliphatic rings. The summed E-state index contributed by atoms with van der Waals surface area (Å²) in [7, 11) is -3.58. The summed E-state index contributed by atoms with van der Waals surface area (Å²) in [5, 5.41) is 2.81. The minimum atomic E-state index is -3.58. The average Bonchev–Trinajstić information content (AvgIpc) is 3.22. The van der Waals surface area contributed by atoms with Crippen LogP contribution >= 0.6 is 0 Å². The van der Waals surface area contributed by atoms with E-state index in [-0.39, 0.29) is 29.4 Å². The fourth-order valence-electron chi connectivity index (χ4n) is 3.53. The second-order valence-corrected chi connectivity index (χ2v) is 9.25. The van der Waals surface area contributed by atoms with Crippen LogP contribution in [0, 0.1) is 0 Å². The molecule has 30 heavy (non-hydrogen) atoms. The Morgan fingerprint density at radius 1 is 1.13 bits per heavy atom. The van der Waals surface area contributed by atoms with Crippen LogP contribution in [-0.4, -0.2) is 40.8 Å².